The van der Waals surface area contributed by atoms with Crippen LogP contribution in [0.5, 0.6) is 0 Å². The van der Waals surface area contributed by atoms with Crippen LogP contribution in [0.4, 0.5) is 0 Å². The van der Waals surface area contributed by atoms with Gasteiger partial charge in [0.1, 0.15) is 6.10 Å². The zero-order chi connectivity index (χ0) is 31.6. The maximum absolute atomic E-state index is 12.3. The van der Waals surface area contributed by atoms with Crippen molar-refractivity contribution in [3.05, 3.63) is 36.5 Å². The van der Waals surface area contributed by atoms with Gasteiger partial charge in [-0.15, -0.1) is 0 Å². The highest BCUT2D eigenvalue weighted by Gasteiger charge is 2.26. The van der Waals surface area contributed by atoms with Crippen molar-refractivity contribution in [1.82, 2.24) is 5.32 Å². The van der Waals surface area contributed by atoms with Crippen molar-refractivity contribution in [3.8, 4) is 0 Å². The molecule has 0 saturated carbocycles. The van der Waals surface area contributed by atoms with Gasteiger partial charge in [0.2, 0.25) is 5.91 Å². The number of hydrogen-bond donors (Lipinski definition) is 4. The van der Waals surface area contributed by atoms with Gasteiger partial charge in [0.05, 0.1) is 18.8 Å². The molecule has 3 atom stereocenters. The quantitative estimate of drug-likeness (QED) is 0.0454. The number of carbonyl (C=O) groups is 1. The van der Waals surface area contributed by atoms with Crippen LogP contribution in [0.2, 0.25) is 0 Å². The van der Waals surface area contributed by atoms with Gasteiger partial charge < -0.3 is 20.6 Å². The minimum Gasteiger partial charge on any atom is -0.394 e. The van der Waals surface area contributed by atoms with Gasteiger partial charge in [0.25, 0.3) is 0 Å². The predicted octanol–water partition coefficient (Wildman–Crippen LogP) is 9.65. The Labute approximate surface area is 266 Å². The molecule has 5 heteroatoms. The van der Waals surface area contributed by atoms with Crippen molar-refractivity contribution in [2.24, 2.45) is 0 Å². The Morgan fingerprint density at radius 3 is 1.53 bits per heavy atom. The zero-order valence-corrected chi connectivity index (χ0v) is 28.3. The van der Waals surface area contributed by atoms with Crippen LogP contribution in [-0.4, -0.2) is 46.1 Å². The van der Waals surface area contributed by atoms with E-state index in [0.29, 0.717) is 12.8 Å². The van der Waals surface area contributed by atoms with Gasteiger partial charge >= 0.3 is 0 Å². The summed E-state index contributed by atoms with van der Waals surface area (Å²) in [5, 5.41) is 33.1. The highest BCUT2D eigenvalue weighted by Crippen LogP contribution is 2.13. The third-order valence-corrected chi connectivity index (χ3v) is 8.20. The number of hydrogen-bond acceptors (Lipinski definition) is 4. The van der Waals surface area contributed by atoms with Crippen LogP contribution in [0.15, 0.2) is 36.5 Å². The maximum atomic E-state index is 12.3. The first-order chi connectivity index (χ1) is 21.1. The fourth-order valence-corrected chi connectivity index (χ4v) is 5.35. The highest BCUT2D eigenvalue weighted by molar-refractivity contribution is 5.76. The summed E-state index contributed by atoms with van der Waals surface area (Å²) in [5.74, 6) is -0.167. The van der Waals surface area contributed by atoms with Crippen molar-refractivity contribution in [2.45, 2.75) is 193 Å². The van der Waals surface area contributed by atoms with Gasteiger partial charge in [0, 0.05) is 6.42 Å². The van der Waals surface area contributed by atoms with Crippen LogP contribution in [0.25, 0.3) is 0 Å². The van der Waals surface area contributed by atoms with Gasteiger partial charge in [-0.2, -0.15) is 0 Å². The molecule has 43 heavy (non-hydrogen) atoms. The van der Waals surface area contributed by atoms with Crippen LogP contribution in [0.3, 0.4) is 0 Å². The third-order valence-electron chi connectivity index (χ3n) is 8.20. The molecule has 0 aromatic heterocycles. The van der Waals surface area contributed by atoms with Gasteiger partial charge in [-0.25, -0.2) is 0 Å². The number of aliphatic hydroxyl groups is 3. The average Bonchev–Trinajstić information content (AvgIpc) is 3.01. The molecule has 4 N–H and O–H groups in total. The van der Waals surface area contributed by atoms with E-state index in [0.717, 1.165) is 51.4 Å². The lowest BCUT2D eigenvalue weighted by Crippen LogP contribution is -2.50. The van der Waals surface area contributed by atoms with E-state index in [1.807, 2.05) is 0 Å². The summed E-state index contributed by atoms with van der Waals surface area (Å²) in [7, 11) is 0. The molecule has 0 heterocycles. The van der Waals surface area contributed by atoms with Crippen LogP contribution >= 0.6 is 0 Å². The van der Waals surface area contributed by atoms with E-state index in [1.165, 1.54) is 96.3 Å². The smallest absolute Gasteiger partial charge is 0.220 e. The number of allylic oxidation sites excluding steroid dienone is 6. The Morgan fingerprint density at radius 1 is 0.581 bits per heavy atom. The number of rotatable bonds is 32. The highest BCUT2D eigenvalue weighted by atomic mass is 16.3. The van der Waals surface area contributed by atoms with Gasteiger partial charge in [0.15, 0.2) is 0 Å². The molecule has 3 unspecified atom stereocenters. The standard InChI is InChI=1S/C38H71NO4/c1-3-5-7-9-11-13-14-15-16-17-18-19-20-21-22-23-25-27-29-31-33-37(42)39-35(34-40)38(43)36(41)32-30-28-26-24-12-10-8-6-4-2/h6,8,18-19,24,26,35-36,38,40-41,43H,3-5,7,9-17,20-23,25,27-34H2,1-2H3,(H,39,42)/b8-6+,19-18-,26-24+. The Hall–Kier alpha value is -1.43. The molecule has 0 aromatic carbocycles. The molecular formula is C38H71NO4. The minimum atomic E-state index is -1.16. The molecule has 0 saturated heterocycles. The summed E-state index contributed by atoms with van der Waals surface area (Å²) in [4.78, 5) is 12.3. The van der Waals surface area contributed by atoms with Crippen LogP contribution in [0.1, 0.15) is 174 Å². The average molecular weight is 606 g/mol. The lowest BCUT2D eigenvalue weighted by atomic mass is 10.0. The number of aliphatic hydroxyl groups excluding tert-OH is 3. The molecule has 0 aromatic rings. The van der Waals surface area contributed by atoms with Gasteiger partial charge in [-0.1, -0.05) is 134 Å². The normalized spacial score (nSPS) is 14.3. The van der Waals surface area contributed by atoms with Crippen molar-refractivity contribution in [1.29, 1.82) is 0 Å². The fourth-order valence-electron chi connectivity index (χ4n) is 5.35. The first-order valence-electron chi connectivity index (χ1n) is 18.3. The lowest BCUT2D eigenvalue weighted by molar-refractivity contribution is -0.124. The van der Waals surface area contributed by atoms with Crippen molar-refractivity contribution >= 4 is 5.91 Å². The van der Waals surface area contributed by atoms with E-state index < -0.39 is 18.2 Å². The molecule has 0 aliphatic rings. The number of amides is 1. The Morgan fingerprint density at radius 2 is 1.02 bits per heavy atom. The first-order valence-corrected chi connectivity index (χ1v) is 18.3. The number of carbonyl (C=O) groups excluding carboxylic acids is 1. The zero-order valence-electron chi connectivity index (χ0n) is 28.3. The molecule has 0 fully saturated rings. The van der Waals surface area contributed by atoms with E-state index in [4.69, 9.17) is 0 Å². The van der Waals surface area contributed by atoms with Crippen LogP contribution < -0.4 is 5.32 Å². The summed E-state index contributed by atoms with van der Waals surface area (Å²) in [6.07, 6.45) is 39.7. The molecule has 1 amide bonds. The van der Waals surface area contributed by atoms with Crippen molar-refractivity contribution in [3.63, 3.8) is 0 Å². The molecule has 0 radical (unpaired) electrons. The second-order valence-corrected chi connectivity index (χ2v) is 12.4. The summed E-state index contributed by atoms with van der Waals surface area (Å²) < 4.78 is 0. The molecule has 0 spiro atoms. The fraction of sp³-hybridized carbons (Fsp3) is 0.816. The van der Waals surface area contributed by atoms with Crippen LogP contribution in [-0.2, 0) is 4.79 Å². The molecule has 0 rings (SSSR count). The van der Waals surface area contributed by atoms with E-state index in [2.05, 4.69) is 55.6 Å². The first kappa shape index (κ1) is 41.6. The predicted molar refractivity (Wildman–Crippen MR) is 185 cm³/mol. The monoisotopic (exact) mass is 606 g/mol. The molecular weight excluding hydrogens is 534 g/mol. The molecule has 0 aliphatic heterocycles. The van der Waals surface area contributed by atoms with Crippen molar-refractivity contribution in [2.75, 3.05) is 6.61 Å². The molecule has 252 valence electrons. The molecule has 0 bridgehead atoms. The van der Waals surface area contributed by atoms with E-state index in [9.17, 15) is 20.1 Å². The topological polar surface area (TPSA) is 89.8 Å². The maximum Gasteiger partial charge on any atom is 0.220 e. The Balaban J connectivity index is 3.68. The second kappa shape index (κ2) is 33.5. The molecule has 5 nitrogen and oxygen atoms in total. The summed E-state index contributed by atoms with van der Waals surface area (Å²) >= 11 is 0. The summed E-state index contributed by atoms with van der Waals surface area (Å²) in [6, 6.07) is -0.831. The van der Waals surface area contributed by atoms with E-state index in [1.54, 1.807) is 0 Å². The van der Waals surface area contributed by atoms with Gasteiger partial charge in [-0.05, 0) is 70.6 Å². The van der Waals surface area contributed by atoms with E-state index >= 15 is 0 Å². The Kier molecular flexibility index (Phi) is 32.3. The summed E-state index contributed by atoms with van der Waals surface area (Å²) in [6.45, 7) is 4.02. The lowest BCUT2D eigenvalue weighted by Gasteiger charge is -2.26. The van der Waals surface area contributed by atoms with Crippen molar-refractivity contribution < 1.29 is 20.1 Å². The summed E-state index contributed by atoms with van der Waals surface area (Å²) in [5.41, 5.74) is 0. The number of nitrogens with one attached hydrogen (secondary N) is 1. The largest absolute Gasteiger partial charge is 0.394 e. The van der Waals surface area contributed by atoms with E-state index in [-0.39, 0.29) is 12.5 Å². The van der Waals surface area contributed by atoms with Crippen LogP contribution in [0, 0.1) is 0 Å². The van der Waals surface area contributed by atoms with Gasteiger partial charge in [-0.3, -0.25) is 4.79 Å². The number of unbranched alkanes of at least 4 members (excludes halogenated alkanes) is 18. The Bertz CT molecular complexity index is 675. The third kappa shape index (κ3) is 29.1. The molecule has 0 aliphatic carbocycles. The minimum absolute atomic E-state index is 0.167. The SMILES string of the molecule is CC/C=C/CC/C=C/CCCC(O)C(O)C(CO)NC(=O)CCCCCCCCC/C=C\CCCCCCCCCCC. The second-order valence-electron chi connectivity index (χ2n) is 12.4.